The highest BCUT2D eigenvalue weighted by Gasteiger charge is 2.34. The van der Waals surface area contributed by atoms with Crippen molar-refractivity contribution < 1.29 is 9.53 Å². The van der Waals surface area contributed by atoms with E-state index in [0.717, 1.165) is 41.0 Å². The fraction of sp³-hybridized carbons (Fsp3) is 0.318. The van der Waals surface area contributed by atoms with Gasteiger partial charge in [-0.05, 0) is 49.9 Å². The number of para-hydroxylation sites is 1. The van der Waals surface area contributed by atoms with Gasteiger partial charge in [-0.2, -0.15) is 0 Å². The molecule has 0 radical (unpaired) electrons. The maximum absolute atomic E-state index is 12.8. The Morgan fingerprint density at radius 3 is 2.52 bits per heavy atom. The maximum atomic E-state index is 12.8. The number of amides is 1. The highest BCUT2D eigenvalue weighted by atomic mass is 16.5. The Hall–Kier alpha value is -2.55. The molecule has 1 aliphatic carbocycles. The van der Waals surface area contributed by atoms with Crippen LogP contribution < -0.4 is 9.64 Å². The van der Waals surface area contributed by atoms with Crippen molar-refractivity contribution in [3.8, 4) is 5.75 Å². The van der Waals surface area contributed by atoms with E-state index < -0.39 is 0 Å². The average Bonchev–Trinajstić information content (AvgIpc) is 3.47. The minimum Gasteiger partial charge on any atom is -0.496 e. The predicted molar refractivity (Wildman–Crippen MR) is 103 cm³/mol. The molecule has 2 aromatic carbocycles. The first-order valence-electron chi connectivity index (χ1n) is 8.81. The lowest BCUT2D eigenvalue weighted by molar-refractivity contribution is -0.119. The lowest BCUT2D eigenvalue weighted by Crippen LogP contribution is -2.31. The second-order valence-electron chi connectivity index (χ2n) is 6.51. The van der Waals surface area contributed by atoms with E-state index in [-0.39, 0.29) is 11.8 Å². The van der Waals surface area contributed by atoms with Crippen molar-refractivity contribution in [2.45, 2.75) is 33.2 Å². The van der Waals surface area contributed by atoms with Gasteiger partial charge in [0.05, 0.1) is 13.7 Å². The highest BCUT2D eigenvalue weighted by molar-refractivity contribution is 5.96. The highest BCUT2D eigenvalue weighted by Crippen LogP contribution is 2.35. The zero-order valence-electron chi connectivity index (χ0n) is 15.2. The van der Waals surface area contributed by atoms with Gasteiger partial charge in [0, 0.05) is 17.2 Å². The molecule has 25 heavy (non-hydrogen) atoms. The van der Waals surface area contributed by atoms with E-state index >= 15 is 0 Å². The Kier molecular flexibility index (Phi) is 5.22. The first kappa shape index (κ1) is 17.3. The van der Waals surface area contributed by atoms with Crippen LogP contribution in [0.15, 0.2) is 48.5 Å². The molecule has 3 nitrogen and oxygen atoms in total. The number of carbonyl (C=O) groups is 1. The van der Waals surface area contributed by atoms with E-state index in [1.807, 2.05) is 48.2 Å². The van der Waals surface area contributed by atoms with E-state index in [9.17, 15) is 4.79 Å². The van der Waals surface area contributed by atoms with Crippen LogP contribution in [0.25, 0.3) is 6.08 Å². The van der Waals surface area contributed by atoms with Gasteiger partial charge in [0.1, 0.15) is 5.75 Å². The van der Waals surface area contributed by atoms with Gasteiger partial charge in [0.25, 0.3) is 0 Å². The average molecular weight is 335 g/mol. The summed E-state index contributed by atoms with van der Waals surface area (Å²) >= 11 is 0. The first-order chi connectivity index (χ1) is 12.2. The Morgan fingerprint density at radius 2 is 1.92 bits per heavy atom. The van der Waals surface area contributed by atoms with Crippen molar-refractivity contribution in [2.24, 2.45) is 5.92 Å². The molecular weight excluding hydrogens is 310 g/mol. The van der Waals surface area contributed by atoms with Gasteiger partial charge < -0.3 is 9.64 Å². The normalized spacial score (nSPS) is 13.9. The number of hydrogen-bond donors (Lipinski definition) is 0. The van der Waals surface area contributed by atoms with Crippen molar-refractivity contribution in [3.05, 3.63) is 65.2 Å². The number of benzene rings is 2. The third-order valence-electron chi connectivity index (χ3n) is 4.67. The Balaban J connectivity index is 1.97. The number of anilines is 1. The van der Waals surface area contributed by atoms with Crippen LogP contribution in [0.5, 0.6) is 5.75 Å². The van der Waals surface area contributed by atoms with E-state index in [1.165, 1.54) is 0 Å². The van der Waals surface area contributed by atoms with Gasteiger partial charge in [0.15, 0.2) is 0 Å². The van der Waals surface area contributed by atoms with Gasteiger partial charge >= 0.3 is 0 Å². The summed E-state index contributed by atoms with van der Waals surface area (Å²) in [6.07, 6.45) is 6.09. The molecule has 1 aliphatic rings. The predicted octanol–water partition coefficient (Wildman–Crippen LogP) is 4.98. The number of allylic oxidation sites excluding steroid dienone is 1. The van der Waals surface area contributed by atoms with Crippen LogP contribution in [0.2, 0.25) is 0 Å². The minimum absolute atomic E-state index is 0.176. The van der Waals surface area contributed by atoms with Gasteiger partial charge in [-0.15, -0.1) is 0 Å². The van der Waals surface area contributed by atoms with Gasteiger partial charge in [0.2, 0.25) is 5.91 Å². The van der Waals surface area contributed by atoms with Crippen molar-refractivity contribution in [1.82, 2.24) is 0 Å². The van der Waals surface area contributed by atoms with Gasteiger partial charge in [-0.1, -0.05) is 42.5 Å². The van der Waals surface area contributed by atoms with E-state index in [0.29, 0.717) is 6.54 Å². The second-order valence-corrected chi connectivity index (χ2v) is 6.51. The molecule has 0 unspecified atom stereocenters. The fourth-order valence-electron chi connectivity index (χ4n) is 3.16. The molecule has 0 aromatic heterocycles. The molecule has 1 saturated carbocycles. The first-order valence-corrected chi connectivity index (χ1v) is 8.81. The van der Waals surface area contributed by atoms with Crippen molar-refractivity contribution in [3.63, 3.8) is 0 Å². The van der Waals surface area contributed by atoms with Crippen LogP contribution in [0.1, 0.15) is 36.5 Å². The van der Waals surface area contributed by atoms with Crippen LogP contribution in [0.4, 0.5) is 5.69 Å². The smallest absolute Gasteiger partial charge is 0.230 e. The number of carbonyl (C=O) groups excluding carboxylic acids is 1. The minimum atomic E-state index is 0.176. The maximum Gasteiger partial charge on any atom is 0.230 e. The molecule has 2 aromatic rings. The Bertz CT molecular complexity index is 776. The number of ether oxygens (including phenoxy) is 1. The molecule has 3 heteroatoms. The second kappa shape index (κ2) is 7.56. The zero-order valence-corrected chi connectivity index (χ0v) is 15.2. The van der Waals surface area contributed by atoms with Gasteiger partial charge in [-0.25, -0.2) is 0 Å². The number of rotatable bonds is 6. The molecule has 1 fully saturated rings. The quantitative estimate of drug-likeness (QED) is 0.745. The SMILES string of the molecule is C/C=C\c1ccc(CN(C(=O)C2CC2)c2ccccc2)c(OC)c1C. The van der Waals surface area contributed by atoms with E-state index in [4.69, 9.17) is 4.74 Å². The molecule has 0 aliphatic heterocycles. The Morgan fingerprint density at radius 1 is 1.20 bits per heavy atom. The van der Waals surface area contributed by atoms with Crippen LogP contribution in [0, 0.1) is 12.8 Å². The van der Waals surface area contributed by atoms with Crippen LogP contribution in [0.3, 0.4) is 0 Å². The summed E-state index contributed by atoms with van der Waals surface area (Å²) in [5.74, 6) is 1.25. The standard InChI is InChI=1S/C22H25NO2/c1-4-8-17-11-14-19(21(25-3)16(17)2)15-23(22(24)18-12-13-18)20-9-6-5-7-10-20/h4-11,14,18H,12-13,15H2,1-3H3/b8-4-. The molecule has 0 saturated heterocycles. The molecule has 0 N–H and O–H groups in total. The number of methoxy groups -OCH3 is 1. The lowest BCUT2D eigenvalue weighted by Gasteiger charge is -2.25. The summed E-state index contributed by atoms with van der Waals surface area (Å²) in [4.78, 5) is 14.7. The van der Waals surface area contributed by atoms with Crippen molar-refractivity contribution in [2.75, 3.05) is 12.0 Å². The third kappa shape index (κ3) is 3.76. The van der Waals surface area contributed by atoms with Gasteiger partial charge in [-0.3, -0.25) is 4.79 Å². The van der Waals surface area contributed by atoms with Crippen molar-refractivity contribution >= 4 is 17.7 Å². The summed E-state index contributed by atoms with van der Waals surface area (Å²) in [6, 6.07) is 14.1. The fourth-order valence-corrected chi connectivity index (χ4v) is 3.16. The molecule has 0 spiro atoms. The molecule has 0 atom stereocenters. The molecule has 130 valence electrons. The largest absolute Gasteiger partial charge is 0.496 e. The van der Waals surface area contributed by atoms with Crippen LogP contribution in [-0.2, 0) is 11.3 Å². The summed E-state index contributed by atoms with van der Waals surface area (Å²) in [7, 11) is 1.70. The summed E-state index contributed by atoms with van der Waals surface area (Å²) in [5, 5.41) is 0. The Labute approximate surface area is 149 Å². The molecule has 1 amide bonds. The third-order valence-corrected chi connectivity index (χ3v) is 4.67. The molecule has 0 bridgehead atoms. The lowest BCUT2D eigenvalue weighted by atomic mass is 10.0. The van der Waals surface area contributed by atoms with Crippen molar-refractivity contribution in [1.29, 1.82) is 0 Å². The monoisotopic (exact) mass is 335 g/mol. The topological polar surface area (TPSA) is 29.5 Å². The van der Waals surface area contributed by atoms with E-state index in [2.05, 4.69) is 25.1 Å². The summed E-state index contributed by atoms with van der Waals surface area (Å²) < 4.78 is 5.68. The number of nitrogens with zero attached hydrogens (tertiary/aromatic N) is 1. The van der Waals surface area contributed by atoms with E-state index in [1.54, 1.807) is 7.11 Å². The van der Waals surface area contributed by atoms with Crippen LogP contribution in [-0.4, -0.2) is 13.0 Å². The molecule has 3 rings (SSSR count). The summed E-state index contributed by atoms with van der Waals surface area (Å²) in [6.45, 7) is 4.60. The molecular formula is C22H25NO2. The van der Waals surface area contributed by atoms with Crippen LogP contribution >= 0.6 is 0 Å². The summed E-state index contributed by atoms with van der Waals surface area (Å²) in [5.41, 5.74) is 4.22. The number of hydrogen-bond acceptors (Lipinski definition) is 2. The zero-order chi connectivity index (χ0) is 17.8. The molecule has 0 heterocycles.